The maximum atomic E-state index is 11.5. The van der Waals surface area contributed by atoms with E-state index >= 15 is 0 Å². The van der Waals surface area contributed by atoms with Crippen LogP contribution in [0.1, 0.15) is 0 Å². The lowest BCUT2D eigenvalue weighted by Crippen LogP contribution is -1.76. The summed E-state index contributed by atoms with van der Waals surface area (Å²) in [6.45, 7) is 0. The van der Waals surface area contributed by atoms with Crippen LogP contribution >= 0.6 is 11.6 Å². The van der Waals surface area contributed by atoms with E-state index in [2.05, 4.69) is 0 Å². The van der Waals surface area contributed by atoms with Crippen molar-refractivity contribution in [3.05, 3.63) is 53.6 Å². The Balaban J connectivity index is 2.50. The fourth-order valence-electron chi connectivity index (χ4n) is 1.33. The molecular weight excluding hydrogens is 196 g/mol. The minimum Gasteiger partial charge on any atom is -0.289 e. The third kappa shape index (κ3) is 1.73. The topological polar surface area (TPSA) is 19.9 Å². The molecule has 0 unspecified atom stereocenters. The number of hydrogen-bond acceptors (Lipinski definition) is 0. The SMILES string of the molecule is [O]c1ccccc1-c1ccc(Cl)cc1. The van der Waals surface area contributed by atoms with Crippen molar-refractivity contribution in [3.8, 4) is 16.9 Å². The number of halogens is 1. The molecule has 69 valence electrons. The standard InChI is InChI=1S/C12H8ClO/c13-10-7-5-9(6-8-10)11-3-1-2-4-12(11)14/h1-8H. The van der Waals surface area contributed by atoms with Gasteiger partial charge in [0.1, 0.15) is 0 Å². The lowest BCUT2D eigenvalue weighted by Gasteiger charge is -2.01. The Kier molecular flexibility index (Phi) is 2.42. The van der Waals surface area contributed by atoms with Crippen LogP contribution in [0.2, 0.25) is 5.02 Å². The van der Waals surface area contributed by atoms with Gasteiger partial charge in [-0.1, -0.05) is 41.9 Å². The molecule has 0 saturated carbocycles. The maximum Gasteiger partial charge on any atom is 0.186 e. The molecule has 2 rings (SSSR count). The van der Waals surface area contributed by atoms with Gasteiger partial charge < -0.3 is 0 Å². The number of benzene rings is 2. The summed E-state index contributed by atoms with van der Waals surface area (Å²) in [5.74, 6) is 0.0369. The largest absolute Gasteiger partial charge is 0.289 e. The van der Waals surface area contributed by atoms with Gasteiger partial charge in [-0.05, 0) is 23.8 Å². The minimum absolute atomic E-state index is 0.0369. The molecule has 0 aliphatic carbocycles. The van der Waals surface area contributed by atoms with Crippen molar-refractivity contribution in [3.63, 3.8) is 0 Å². The smallest absolute Gasteiger partial charge is 0.186 e. The van der Waals surface area contributed by atoms with E-state index in [1.165, 1.54) is 0 Å². The van der Waals surface area contributed by atoms with Gasteiger partial charge in [0.2, 0.25) is 0 Å². The molecule has 2 aromatic rings. The predicted molar refractivity (Wildman–Crippen MR) is 57.0 cm³/mol. The van der Waals surface area contributed by atoms with Crippen LogP contribution in [0, 0.1) is 0 Å². The summed E-state index contributed by atoms with van der Waals surface area (Å²) in [5, 5.41) is 12.1. The van der Waals surface area contributed by atoms with Crippen LogP contribution in [0.3, 0.4) is 0 Å². The molecule has 14 heavy (non-hydrogen) atoms. The van der Waals surface area contributed by atoms with Crippen LogP contribution in [0.4, 0.5) is 0 Å². The molecule has 1 radical (unpaired) electrons. The highest BCUT2D eigenvalue weighted by molar-refractivity contribution is 6.30. The zero-order chi connectivity index (χ0) is 9.97. The lowest BCUT2D eigenvalue weighted by atomic mass is 10.1. The number of para-hydroxylation sites is 1. The highest BCUT2D eigenvalue weighted by Crippen LogP contribution is 2.29. The van der Waals surface area contributed by atoms with Crippen molar-refractivity contribution < 1.29 is 5.11 Å². The summed E-state index contributed by atoms with van der Waals surface area (Å²) in [6, 6.07) is 14.2. The lowest BCUT2D eigenvalue weighted by molar-refractivity contribution is 0.356. The summed E-state index contributed by atoms with van der Waals surface area (Å²) < 4.78 is 0. The highest BCUT2D eigenvalue weighted by Gasteiger charge is 2.03. The molecule has 0 fully saturated rings. The Morgan fingerprint density at radius 2 is 1.50 bits per heavy atom. The second-order valence-corrected chi connectivity index (χ2v) is 3.44. The average Bonchev–Trinajstić information content (AvgIpc) is 2.20. The molecule has 0 spiro atoms. The van der Waals surface area contributed by atoms with Crippen LogP contribution in [0.5, 0.6) is 5.75 Å². The third-order valence-electron chi connectivity index (χ3n) is 2.04. The Morgan fingerprint density at radius 3 is 2.14 bits per heavy atom. The second kappa shape index (κ2) is 3.72. The zero-order valence-electron chi connectivity index (χ0n) is 7.41. The van der Waals surface area contributed by atoms with Crippen LogP contribution in [-0.2, 0) is 5.11 Å². The fourth-order valence-corrected chi connectivity index (χ4v) is 1.46. The molecule has 0 aliphatic heterocycles. The quantitative estimate of drug-likeness (QED) is 0.664. The van der Waals surface area contributed by atoms with E-state index in [-0.39, 0.29) is 5.75 Å². The van der Waals surface area contributed by atoms with Gasteiger partial charge in [0.15, 0.2) is 5.75 Å². The van der Waals surface area contributed by atoms with Gasteiger partial charge in [0.05, 0.1) is 0 Å². The number of hydrogen-bond donors (Lipinski definition) is 0. The molecule has 0 saturated heterocycles. The van der Waals surface area contributed by atoms with Crippen LogP contribution in [0.25, 0.3) is 11.1 Å². The van der Waals surface area contributed by atoms with Crippen LogP contribution in [0.15, 0.2) is 48.5 Å². The minimum atomic E-state index is 0.0369. The summed E-state index contributed by atoms with van der Waals surface area (Å²) in [4.78, 5) is 0. The average molecular weight is 204 g/mol. The van der Waals surface area contributed by atoms with Gasteiger partial charge in [-0.2, -0.15) is 0 Å². The van der Waals surface area contributed by atoms with E-state index in [0.717, 1.165) is 5.56 Å². The van der Waals surface area contributed by atoms with Gasteiger partial charge in [-0.25, -0.2) is 0 Å². The molecule has 0 amide bonds. The molecule has 0 N–H and O–H groups in total. The first-order valence-corrected chi connectivity index (χ1v) is 4.67. The van der Waals surface area contributed by atoms with Crippen molar-refractivity contribution in [2.24, 2.45) is 0 Å². The monoisotopic (exact) mass is 203 g/mol. The van der Waals surface area contributed by atoms with E-state index in [4.69, 9.17) is 11.6 Å². The fraction of sp³-hybridized carbons (Fsp3) is 0. The summed E-state index contributed by atoms with van der Waals surface area (Å²) >= 11 is 5.76. The zero-order valence-corrected chi connectivity index (χ0v) is 8.16. The van der Waals surface area contributed by atoms with Gasteiger partial charge in [0, 0.05) is 10.6 Å². The Labute approximate surface area is 87.6 Å². The first-order chi connectivity index (χ1) is 6.77. The molecule has 2 aromatic carbocycles. The van der Waals surface area contributed by atoms with Crippen LogP contribution < -0.4 is 0 Å². The molecule has 2 heteroatoms. The van der Waals surface area contributed by atoms with Gasteiger partial charge in [-0.3, -0.25) is 5.11 Å². The first-order valence-electron chi connectivity index (χ1n) is 4.29. The Morgan fingerprint density at radius 1 is 0.857 bits per heavy atom. The van der Waals surface area contributed by atoms with Gasteiger partial charge in [-0.15, -0.1) is 0 Å². The summed E-state index contributed by atoms with van der Waals surface area (Å²) in [7, 11) is 0. The van der Waals surface area contributed by atoms with Gasteiger partial charge in [0.25, 0.3) is 0 Å². The van der Waals surface area contributed by atoms with E-state index in [1.807, 2.05) is 24.3 Å². The molecule has 0 aliphatic rings. The van der Waals surface area contributed by atoms with E-state index in [1.54, 1.807) is 24.3 Å². The molecular formula is C12H8ClO. The van der Waals surface area contributed by atoms with Crippen molar-refractivity contribution >= 4 is 11.6 Å². The molecule has 0 atom stereocenters. The normalized spacial score (nSPS) is 10.1. The summed E-state index contributed by atoms with van der Waals surface area (Å²) in [6.07, 6.45) is 0. The van der Waals surface area contributed by atoms with Crippen molar-refractivity contribution in [1.29, 1.82) is 0 Å². The molecule has 0 heterocycles. The highest BCUT2D eigenvalue weighted by atomic mass is 35.5. The van der Waals surface area contributed by atoms with E-state index in [9.17, 15) is 5.11 Å². The number of rotatable bonds is 1. The van der Waals surface area contributed by atoms with Gasteiger partial charge >= 0.3 is 0 Å². The van der Waals surface area contributed by atoms with E-state index < -0.39 is 0 Å². The van der Waals surface area contributed by atoms with Crippen molar-refractivity contribution in [2.45, 2.75) is 0 Å². The maximum absolute atomic E-state index is 11.5. The van der Waals surface area contributed by atoms with Crippen molar-refractivity contribution in [2.75, 3.05) is 0 Å². The Hall–Kier alpha value is -1.47. The summed E-state index contributed by atoms with van der Waals surface area (Å²) in [5.41, 5.74) is 1.61. The molecule has 0 aromatic heterocycles. The van der Waals surface area contributed by atoms with Crippen LogP contribution in [-0.4, -0.2) is 0 Å². The Bertz CT molecular complexity index is 434. The molecule has 0 bridgehead atoms. The predicted octanol–water partition coefficient (Wildman–Crippen LogP) is 4.15. The first kappa shape index (κ1) is 9.10. The third-order valence-corrected chi connectivity index (χ3v) is 2.29. The van der Waals surface area contributed by atoms with E-state index in [0.29, 0.717) is 10.6 Å². The van der Waals surface area contributed by atoms with Crippen molar-refractivity contribution in [1.82, 2.24) is 0 Å². The molecule has 1 nitrogen and oxygen atoms in total. The second-order valence-electron chi connectivity index (χ2n) is 3.00.